The van der Waals surface area contributed by atoms with Crippen molar-refractivity contribution in [3.63, 3.8) is 0 Å². The van der Waals surface area contributed by atoms with Crippen LogP contribution in [0.2, 0.25) is 15.1 Å². The SMILES string of the molecule is Cc1c(OCc2ccc(Cl)c(Cl)c2)ccc2c1O/C(=C\c1cc(Cl)cc3c1OCOC3)C2=O. The van der Waals surface area contributed by atoms with Gasteiger partial charge in [-0.25, -0.2) is 0 Å². The first-order chi connectivity index (χ1) is 15.9. The third kappa shape index (κ3) is 4.30. The zero-order chi connectivity index (χ0) is 23.1. The van der Waals surface area contributed by atoms with Crippen LogP contribution in [0.3, 0.4) is 0 Å². The number of hydrogen-bond donors (Lipinski definition) is 0. The highest BCUT2D eigenvalue weighted by Gasteiger charge is 2.31. The van der Waals surface area contributed by atoms with Gasteiger partial charge in [0.15, 0.2) is 12.6 Å². The van der Waals surface area contributed by atoms with Crippen LogP contribution >= 0.6 is 34.8 Å². The second-order valence-corrected chi connectivity index (χ2v) is 8.89. The molecule has 0 atom stereocenters. The molecule has 0 spiro atoms. The minimum atomic E-state index is -0.218. The Labute approximate surface area is 205 Å². The number of hydrogen-bond acceptors (Lipinski definition) is 5. The van der Waals surface area contributed by atoms with Gasteiger partial charge in [0.1, 0.15) is 23.9 Å². The largest absolute Gasteiger partial charge is 0.488 e. The van der Waals surface area contributed by atoms with Crippen LogP contribution in [-0.2, 0) is 18.0 Å². The van der Waals surface area contributed by atoms with E-state index in [9.17, 15) is 4.79 Å². The summed E-state index contributed by atoms with van der Waals surface area (Å²) in [6.45, 7) is 2.67. The van der Waals surface area contributed by atoms with E-state index < -0.39 is 0 Å². The predicted octanol–water partition coefficient (Wildman–Crippen LogP) is 7.02. The molecule has 0 saturated heterocycles. The molecule has 0 N–H and O–H groups in total. The van der Waals surface area contributed by atoms with Gasteiger partial charge >= 0.3 is 0 Å². The summed E-state index contributed by atoms with van der Waals surface area (Å²) in [6.07, 6.45) is 1.65. The number of fused-ring (bicyclic) bond motifs is 2. The van der Waals surface area contributed by atoms with Gasteiger partial charge in [0, 0.05) is 21.7 Å². The van der Waals surface area contributed by atoms with E-state index in [1.165, 1.54) is 0 Å². The van der Waals surface area contributed by atoms with Crippen LogP contribution in [0.25, 0.3) is 6.08 Å². The molecule has 0 aliphatic carbocycles. The Bertz CT molecular complexity index is 1320. The molecule has 3 aromatic rings. The van der Waals surface area contributed by atoms with Crippen LogP contribution in [0.5, 0.6) is 17.2 Å². The summed E-state index contributed by atoms with van der Waals surface area (Å²) in [5, 5.41) is 1.47. The minimum Gasteiger partial charge on any atom is -0.488 e. The van der Waals surface area contributed by atoms with Crippen LogP contribution in [0, 0.1) is 6.92 Å². The number of benzene rings is 3. The number of carbonyl (C=O) groups excluding carboxylic acids is 1. The Kier molecular flexibility index (Phi) is 5.97. The highest BCUT2D eigenvalue weighted by molar-refractivity contribution is 6.42. The molecule has 2 aliphatic heterocycles. The Morgan fingerprint density at radius 2 is 1.88 bits per heavy atom. The molecule has 0 fully saturated rings. The molecular weight excluding hydrogens is 487 g/mol. The maximum Gasteiger partial charge on any atom is 0.231 e. The Hall–Kier alpha value is -2.70. The third-order valence-electron chi connectivity index (χ3n) is 5.41. The molecule has 2 aliphatic rings. The first-order valence-electron chi connectivity index (χ1n) is 10.1. The number of halogens is 3. The van der Waals surface area contributed by atoms with E-state index in [0.717, 1.165) is 16.7 Å². The monoisotopic (exact) mass is 502 g/mol. The lowest BCUT2D eigenvalue weighted by Crippen LogP contribution is -2.12. The first-order valence-corrected chi connectivity index (χ1v) is 11.2. The van der Waals surface area contributed by atoms with Gasteiger partial charge in [-0.1, -0.05) is 40.9 Å². The van der Waals surface area contributed by atoms with Gasteiger partial charge in [-0.05, 0) is 55.0 Å². The van der Waals surface area contributed by atoms with Crippen LogP contribution in [0.4, 0.5) is 0 Å². The lowest BCUT2D eigenvalue weighted by molar-refractivity contribution is -0.0165. The maximum absolute atomic E-state index is 13.0. The van der Waals surface area contributed by atoms with Crippen molar-refractivity contribution in [3.05, 3.63) is 91.1 Å². The summed E-state index contributed by atoms with van der Waals surface area (Å²) >= 11 is 18.3. The van der Waals surface area contributed by atoms with E-state index >= 15 is 0 Å². The first kappa shape index (κ1) is 22.1. The summed E-state index contributed by atoms with van der Waals surface area (Å²) < 4.78 is 22.9. The van der Waals surface area contributed by atoms with Crippen molar-refractivity contribution >= 4 is 46.7 Å². The van der Waals surface area contributed by atoms with E-state index in [0.29, 0.717) is 56.7 Å². The molecule has 8 heteroatoms. The molecule has 5 nitrogen and oxygen atoms in total. The zero-order valence-electron chi connectivity index (χ0n) is 17.4. The highest BCUT2D eigenvalue weighted by Crippen LogP contribution is 2.41. The van der Waals surface area contributed by atoms with Crippen molar-refractivity contribution in [2.75, 3.05) is 6.79 Å². The summed E-state index contributed by atoms with van der Waals surface area (Å²) in [5.74, 6) is 1.68. The summed E-state index contributed by atoms with van der Waals surface area (Å²) in [5.41, 5.74) is 3.54. The van der Waals surface area contributed by atoms with Crippen molar-refractivity contribution in [2.45, 2.75) is 20.1 Å². The highest BCUT2D eigenvalue weighted by atomic mass is 35.5. The average Bonchev–Trinajstić information content (AvgIpc) is 3.11. The van der Waals surface area contributed by atoms with Gasteiger partial charge in [-0.15, -0.1) is 0 Å². The third-order valence-corrected chi connectivity index (χ3v) is 6.36. The van der Waals surface area contributed by atoms with Crippen LogP contribution in [0.1, 0.15) is 32.6 Å². The summed E-state index contributed by atoms with van der Waals surface area (Å²) in [6, 6.07) is 12.3. The minimum absolute atomic E-state index is 0.137. The number of Topliss-reactive ketones (excluding diaryl/α,β-unsaturated/α-hetero) is 1. The van der Waals surface area contributed by atoms with Gasteiger partial charge in [-0.2, -0.15) is 0 Å². The fourth-order valence-electron chi connectivity index (χ4n) is 3.77. The van der Waals surface area contributed by atoms with E-state index in [2.05, 4.69) is 0 Å². The molecule has 3 aromatic carbocycles. The van der Waals surface area contributed by atoms with E-state index in [1.807, 2.05) is 13.0 Å². The zero-order valence-corrected chi connectivity index (χ0v) is 19.7. The van der Waals surface area contributed by atoms with E-state index in [4.69, 9.17) is 53.8 Å². The molecule has 0 amide bonds. The van der Waals surface area contributed by atoms with Crippen molar-refractivity contribution in [1.29, 1.82) is 0 Å². The molecule has 0 unspecified atom stereocenters. The fraction of sp³-hybridized carbons (Fsp3) is 0.160. The Morgan fingerprint density at radius 1 is 1.03 bits per heavy atom. The Balaban J connectivity index is 1.41. The van der Waals surface area contributed by atoms with E-state index in [1.54, 1.807) is 42.5 Å². The second kappa shape index (κ2) is 8.92. The van der Waals surface area contributed by atoms with Crippen molar-refractivity contribution in [3.8, 4) is 17.2 Å². The van der Waals surface area contributed by atoms with Gasteiger partial charge in [0.25, 0.3) is 0 Å². The molecular formula is C25H17Cl3O5. The quantitative estimate of drug-likeness (QED) is 0.358. The molecule has 168 valence electrons. The van der Waals surface area contributed by atoms with Gasteiger partial charge < -0.3 is 18.9 Å². The van der Waals surface area contributed by atoms with Gasteiger partial charge in [0.2, 0.25) is 5.78 Å². The van der Waals surface area contributed by atoms with Crippen molar-refractivity contribution in [2.24, 2.45) is 0 Å². The lowest BCUT2D eigenvalue weighted by Gasteiger charge is -2.20. The average molecular weight is 504 g/mol. The van der Waals surface area contributed by atoms with Crippen molar-refractivity contribution in [1.82, 2.24) is 0 Å². The fourth-order valence-corrected chi connectivity index (χ4v) is 4.34. The molecule has 0 aromatic heterocycles. The molecule has 33 heavy (non-hydrogen) atoms. The number of ketones is 1. The van der Waals surface area contributed by atoms with Crippen LogP contribution in [-0.4, -0.2) is 12.6 Å². The number of rotatable bonds is 4. The van der Waals surface area contributed by atoms with Crippen molar-refractivity contribution < 1.29 is 23.7 Å². The molecule has 0 bridgehead atoms. The normalized spacial score (nSPS) is 15.6. The molecule has 0 saturated carbocycles. The van der Waals surface area contributed by atoms with Crippen LogP contribution in [0.15, 0.2) is 48.2 Å². The van der Waals surface area contributed by atoms with Crippen LogP contribution < -0.4 is 14.2 Å². The summed E-state index contributed by atoms with van der Waals surface area (Å²) in [4.78, 5) is 13.0. The Morgan fingerprint density at radius 3 is 2.70 bits per heavy atom. The summed E-state index contributed by atoms with van der Waals surface area (Å²) in [7, 11) is 0. The number of allylic oxidation sites excluding steroid dienone is 1. The molecule has 2 heterocycles. The van der Waals surface area contributed by atoms with Gasteiger partial charge in [0.05, 0.1) is 22.2 Å². The predicted molar refractivity (Wildman–Crippen MR) is 127 cm³/mol. The molecule has 0 radical (unpaired) electrons. The number of carbonyl (C=O) groups is 1. The van der Waals surface area contributed by atoms with E-state index in [-0.39, 0.29) is 18.3 Å². The topological polar surface area (TPSA) is 54.0 Å². The second-order valence-electron chi connectivity index (χ2n) is 7.64. The van der Waals surface area contributed by atoms with Gasteiger partial charge in [-0.3, -0.25) is 4.79 Å². The molecule has 5 rings (SSSR count). The smallest absolute Gasteiger partial charge is 0.231 e. The standard InChI is InChI=1S/C25H17Cl3O5/c1-13-21(31-10-14-2-4-19(27)20(28)6-14)5-3-18-23(29)22(33-24(13)18)9-15-7-17(26)8-16-11-30-12-32-25(15)16/h2-9H,10-12H2,1H3/b22-9-. The number of ether oxygens (including phenoxy) is 4. The lowest BCUT2D eigenvalue weighted by atomic mass is 10.0. The maximum atomic E-state index is 13.0.